The number of hydrogen-bond donors (Lipinski definition) is 1. The van der Waals surface area contributed by atoms with E-state index in [0.717, 1.165) is 19.4 Å². The summed E-state index contributed by atoms with van der Waals surface area (Å²) in [5.41, 5.74) is 2.23. The Balaban J connectivity index is 1.76. The van der Waals surface area contributed by atoms with Crippen LogP contribution < -0.4 is 9.47 Å². The molecule has 1 aromatic carbocycles. The number of ether oxygens (including phenoxy) is 2. The molecule has 1 saturated heterocycles. The molecule has 2 aliphatic heterocycles. The van der Waals surface area contributed by atoms with E-state index in [2.05, 4.69) is 24.1 Å². The van der Waals surface area contributed by atoms with E-state index in [4.69, 9.17) is 9.47 Å². The topological polar surface area (TPSA) is 59.0 Å². The highest BCUT2D eigenvalue weighted by Gasteiger charge is 2.64. The van der Waals surface area contributed by atoms with Gasteiger partial charge in [-0.1, -0.05) is 18.2 Å². The minimum Gasteiger partial charge on any atom is -0.482 e. The quantitative estimate of drug-likeness (QED) is 0.365. The van der Waals surface area contributed by atoms with Crippen LogP contribution in [-0.4, -0.2) is 47.8 Å². The van der Waals surface area contributed by atoms with Gasteiger partial charge in [-0.2, -0.15) is 0 Å². The molecule has 2 bridgehead atoms. The van der Waals surface area contributed by atoms with Gasteiger partial charge in [-0.25, -0.2) is 0 Å². The molecule has 5 atom stereocenters. The van der Waals surface area contributed by atoms with Gasteiger partial charge in [0.15, 0.2) is 11.5 Å². The molecule has 1 spiro atoms. The first-order chi connectivity index (χ1) is 11.5. The second kappa shape index (κ2) is 4.61. The van der Waals surface area contributed by atoms with Gasteiger partial charge >= 0.3 is 5.97 Å². The molecular weight excluding hydrogens is 309 g/mol. The van der Waals surface area contributed by atoms with E-state index in [1.807, 2.05) is 12.1 Å². The van der Waals surface area contributed by atoms with Gasteiger partial charge in [0.25, 0.3) is 0 Å². The van der Waals surface area contributed by atoms with Gasteiger partial charge in [-0.15, -0.1) is 0 Å². The number of nitrogens with zero attached hydrogens (tertiary/aromatic N) is 1. The Hall–Kier alpha value is -1.85. The van der Waals surface area contributed by atoms with Crippen LogP contribution >= 0.6 is 0 Å². The van der Waals surface area contributed by atoms with Gasteiger partial charge in [0.1, 0.15) is 12.2 Å². The van der Waals surface area contributed by atoms with Crippen molar-refractivity contribution < 1.29 is 19.4 Å². The van der Waals surface area contributed by atoms with Crippen LogP contribution in [0.4, 0.5) is 0 Å². The molecular formula is C19H21NO4. The molecule has 5 heteroatoms. The van der Waals surface area contributed by atoms with Crippen LogP contribution in [0.1, 0.15) is 24.5 Å². The maximum atomic E-state index is 11.5. The molecule has 1 aromatic rings. The van der Waals surface area contributed by atoms with Crippen molar-refractivity contribution in [3.63, 3.8) is 0 Å². The summed E-state index contributed by atoms with van der Waals surface area (Å²) in [5.74, 6) is 1.12. The van der Waals surface area contributed by atoms with Gasteiger partial charge in [-0.3, -0.25) is 4.79 Å². The number of likely N-dealkylation sites (N-methyl/N-ethyl adjacent to an activating group) is 1. The highest BCUT2D eigenvalue weighted by Crippen LogP contribution is 2.62. The minimum atomic E-state index is -0.631. The highest BCUT2D eigenvalue weighted by atomic mass is 16.6. The summed E-state index contributed by atoms with van der Waals surface area (Å²) >= 11 is 0. The lowest BCUT2D eigenvalue weighted by Gasteiger charge is -2.56. The number of rotatable bonds is 1. The van der Waals surface area contributed by atoms with Crippen molar-refractivity contribution in [3.05, 3.63) is 35.4 Å². The van der Waals surface area contributed by atoms with Crippen molar-refractivity contribution in [1.82, 2.24) is 4.90 Å². The maximum Gasteiger partial charge on any atom is 0.308 e. The number of likely N-dealkylation sites (tertiary alicyclic amines) is 1. The Morgan fingerprint density at radius 1 is 1.42 bits per heavy atom. The molecule has 5 nitrogen and oxygen atoms in total. The van der Waals surface area contributed by atoms with Gasteiger partial charge in [0.2, 0.25) is 0 Å². The number of esters is 1. The van der Waals surface area contributed by atoms with E-state index >= 15 is 0 Å². The van der Waals surface area contributed by atoms with Crippen molar-refractivity contribution >= 4 is 5.97 Å². The lowest BCUT2D eigenvalue weighted by molar-refractivity contribution is -0.132. The summed E-state index contributed by atoms with van der Waals surface area (Å²) in [7, 11) is 2.18. The first-order valence-corrected chi connectivity index (χ1v) is 8.60. The number of aliphatic hydroxyl groups excluding tert-OH is 1. The monoisotopic (exact) mass is 330 g/mol. The molecule has 0 radical (unpaired) electrons. The predicted molar refractivity (Wildman–Crippen MR) is 87.2 cm³/mol. The average Bonchev–Trinajstić information content (AvgIpc) is 2.89. The van der Waals surface area contributed by atoms with Crippen molar-refractivity contribution in [2.24, 2.45) is 5.92 Å². The Kier molecular flexibility index (Phi) is 2.78. The van der Waals surface area contributed by atoms with E-state index < -0.39 is 6.10 Å². The van der Waals surface area contributed by atoms with Crippen LogP contribution in [0.3, 0.4) is 0 Å². The fourth-order valence-corrected chi connectivity index (χ4v) is 5.46. The van der Waals surface area contributed by atoms with E-state index in [0.29, 0.717) is 23.5 Å². The second-order valence-electron chi connectivity index (χ2n) is 7.50. The molecule has 2 heterocycles. The Morgan fingerprint density at radius 3 is 3.04 bits per heavy atom. The lowest BCUT2D eigenvalue weighted by atomic mass is 9.53. The number of benzene rings is 1. The molecule has 0 amide bonds. The third kappa shape index (κ3) is 1.59. The molecule has 1 fully saturated rings. The Morgan fingerprint density at radius 2 is 2.25 bits per heavy atom. The van der Waals surface area contributed by atoms with Crippen molar-refractivity contribution in [1.29, 1.82) is 0 Å². The van der Waals surface area contributed by atoms with E-state index in [9.17, 15) is 9.90 Å². The molecule has 2 aliphatic carbocycles. The van der Waals surface area contributed by atoms with Crippen LogP contribution in [0.2, 0.25) is 0 Å². The summed E-state index contributed by atoms with van der Waals surface area (Å²) in [6.45, 7) is 2.38. The van der Waals surface area contributed by atoms with E-state index in [1.54, 1.807) is 0 Å². The second-order valence-corrected chi connectivity index (χ2v) is 7.50. The van der Waals surface area contributed by atoms with Gasteiger partial charge in [0, 0.05) is 29.9 Å². The van der Waals surface area contributed by atoms with Gasteiger partial charge < -0.3 is 19.5 Å². The van der Waals surface area contributed by atoms with E-state index in [-0.39, 0.29) is 17.5 Å². The third-order valence-corrected chi connectivity index (χ3v) is 6.39. The highest BCUT2D eigenvalue weighted by molar-refractivity contribution is 5.72. The smallest absolute Gasteiger partial charge is 0.308 e. The molecule has 0 aromatic heterocycles. The first-order valence-electron chi connectivity index (χ1n) is 8.60. The number of carbonyl (C=O) groups excluding carboxylic acids is 1. The Labute approximate surface area is 140 Å². The Bertz CT molecular complexity index is 773. The normalized spacial score (nSPS) is 38.5. The standard InChI is InChI=1S/C19H21NO4/c1-10(21)23-15-6-3-11-9-13-12-4-5-14(22)18-19(12,7-8-20(13)2)16(11)17(15)24-18/h3-6,12-14,18,22H,7-9H2,1-2H3/t12?,13-,14+,18?,19+/m1/s1/i1+1,2+1,10+1. The van der Waals surface area contributed by atoms with Crippen LogP contribution in [0, 0.1) is 5.92 Å². The largest absolute Gasteiger partial charge is 0.482 e. The van der Waals surface area contributed by atoms with Crippen molar-refractivity contribution in [2.45, 2.75) is 43.4 Å². The molecule has 24 heavy (non-hydrogen) atoms. The third-order valence-electron chi connectivity index (χ3n) is 6.39. The number of piperidine rings is 1. The van der Waals surface area contributed by atoms with Crippen molar-refractivity contribution in [3.8, 4) is 11.5 Å². The van der Waals surface area contributed by atoms with Gasteiger partial charge in [0.05, 0.1) is 0 Å². The zero-order chi connectivity index (χ0) is 16.6. The summed E-state index contributed by atoms with van der Waals surface area (Å²) < 4.78 is 11.7. The van der Waals surface area contributed by atoms with Crippen LogP contribution in [0.25, 0.3) is 0 Å². The minimum absolute atomic E-state index is 0.204. The zero-order valence-corrected chi connectivity index (χ0v) is 13.9. The number of carbonyl (C=O) groups is 1. The predicted octanol–water partition coefficient (Wildman–Crippen LogP) is 1.42. The molecule has 126 valence electrons. The van der Waals surface area contributed by atoms with Gasteiger partial charge in [-0.05, 0) is 38.1 Å². The maximum absolute atomic E-state index is 11.5. The fraction of sp³-hybridized carbons (Fsp3) is 0.526. The summed E-state index contributed by atoms with van der Waals surface area (Å²) in [6, 6.07) is 4.32. The summed E-state index contributed by atoms with van der Waals surface area (Å²) in [6.07, 6.45) is 5.04. The zero-order valence-electron chi connectivity index (χ0n) is 13.9. The summed E-state index contributed by atoms with van der Waals surface area (Å²) in [5, 5.41) is 10.6. The molecule has 4 aliphatic rings. The lowest BCUT2D eigenvalue weighted by Crippen LogP contribution is -2.64. The van der Waals surface area contributed by atoms with Crippen LogP contribution in [0.5, 0.6) is 11.5 Å². The number of aliphatic hydroxyl groups is 1. The molecule has 5 rings (SSSR count). The SMILES string of the molecule is [13CH3][13C](=O)Oc1ccc2c3c1OC1[C@@H](O)C=CC4[C@@H](C2)N([13CH3])CC[C@@]341. The average molecular weight is 330 g/mol. The van der Waals surface area contributed by atoms with Crippen LogP contribution in [-0.2, 0) is 16.6 Å². The van der Waals surface area contributed by atoms with Crippen molar-refractivity contribution in [2.75, 3.05) is 13.6 Å². The molecule has 0 saturated carbocycles. The van der Waals surface area contributed by atoms with Crippen LogP contribution in [0.15, 0.2) is 24.3 Å². The number of hydrogen-bond acceptors (Lipinski definition) is 5. The summed E-state index contributed by atoms with van der Waals surface area (Å²) in [4.78, 5) is 13.9. The molecule has 1 N–H and O–H groups in total. The van der Waals surface area contributed by atoms with E-state index in [1.165, 1.54) is 18.1 Å². The molecule has 2 unspecified atom stereocenters. The first kappa shape index (κ1) is 14.5. The fourth-order valence-electron chi connectivity index (χ4n) is 5.46.